The summed E-state index contributed by atoms with van der Waals surface area (Å²) < 4.78 is 28.5. The summed E-state index contributed by atoms with van der Waals surface area (Å²) in [5, 5.41) is 0. The number of carbonyl (C=O) groups is 2. The van der Waals surface area contributed by atoms with E-state index in [2.05, 4.69) is 9.97 Å². The lowest BCUT2D eigenvalue weighted by atomic mass is 9.97. The molecule has 0 saturated heterocycles. The van der Waals surface area contributed by atoms with Gasteiger partial charge in [0.15, 0.2) is 5.65 Å². The van der Waals surface area contributed by atoms with Gasteiger partial charge in [0, 0.05) is 12.6 Å². The smallest absolute Gasteiger partial charge is 0.252 e. The van der Waals surface area contributed by atoms with Gasteiger partial charge < -0.3 is 5.73 Å². The number of nitrogens with zero attached hydrogens (tertiary/aromatic N) is 3. The number of hydrogen-bond acceptors (Lipinski definition) is 5. The topological polar surface area (TPSA) is 90.9 Å². The molecule has 0 spiro atoms. The van der Waals surface area contributed by atoms with E-state index in [4.69, 9.17) is 5.73 Å². The van der Waals surface area contributed by atoms with Crippen LogP contribution in [-0.4, -0.2) is 26.1 Å². The fraction of sp³-hybridized carbons (Fsp3) is 0.263. The molecule has 3 rings (SSSR count). The van der Waals surface area contributed by atoms with Crippen LogP contribution in [0.25, 0.3) is 11.2 Å². The van der Waals surface area contributed by atoms with E-state index in [-0.39, 0.29) is 17.1 Å². The molecular weight excluding hydrogens is 354 g/mol. The van der Waals surface area contributed by atoms with E-state index < -0.39 is 28.8 Å². The minimum absolute atomic E-state index is 0.128. The first kappa shape index (κ1) is 18.6. The number of fused-ring (bicyclic) bond motifs is 1. The van der Waals surface area contributed by atoms with Gasteiger partial charge in [-0.05, 0) is 29.7 Å². The molecule has 2 N–H and O–H groups in total. The van der Waals surface area contributed by atoms with Crippen LogP contribution in [0.1, 0.15) is 41.6 Å². The maximum Gasteiger partial charge on any atom is 0.252 e. The predicted molar refractivity (Wildman–Crippen MR) is 96.4 cm³/mol. The number of halogens is 2. The number of rotatable bonds is 4. The molecule has 0 aliphatic carbocycles. The molecule has 0 bridgehead atoms. The normalized spacial score (nSPS) is 11.7. The van der Waals surface area contributed by atoms with Crippen molar-refractivity contribution in [3.63, 3.8) is 0 Å². The number of Topliss-reactive ketones (excluding diaryl/α,β-unsaturated/α-hetero) is 2. The number of hydrogen-bond donors (Lipinski definition) is 1. The van der Waals surface area contributed by atoms with Gasteiger partial charge in [-0.25, -0.2) is 18.7 Å². The number of pyridine rings is 1. The third-order valence-corrected chi connectivity index (χ3v) is 3.87. The molecular formula is C19H18F2N4O2. The molecule has 2 heterocycles. The lowest BCUT2D eigenvalue weighted by Gasteiger charge is -2.19. The van der Waals surface area contributed by atoms with Crippen molar-refractivity contribution >= 4 is 28.7 Å². The van der Waals surface area contributed by atoms with E-state index in [1.807, 2.05) is 20.8 Å². The van der Waals surface area contributed by atoms with Gasteiger partial charge in [-0.15, -0.1) is 0 Å². The average molecular weight is 372 g/mol. The van der Waals surface area contributed by atoms with Crippen LogP contribution in [0.15, 0.2) is 30.3 Å². The van der Waals surface area contributed by atoms with Crippen molar-refractivity contribution in [1.29, 1.82) is 0 Å². The van der Waals surface area contributed by atoms with E-state index in [0.29, 0.717) is 23.8 Å². The summed E-state index contributed by atoms with van der Waals surface area (Å²) in [5.41, 5.74) is 5.99. The molecule has 0 saturated carbocycles. The summed E-state index contributed by atoms with van der Waals surface area (Å²) in [6.07, 6.45) is 0. The third kappa shape index (κ3) is 3.69. The van der Waals surface area contributed by atoms with Crippen LogP contribution in [0.4, 0.5) is 14.7 Å². The van der Waals surface area contributed by atoms with Crippen LogP contribution in [0.2, 0.25) is 0 Å². The van der Waals surface area contributed by atoms with Crippen molar-refractivity contribution in [1.82, 2.24) is 14.5 Å². The molecule has 140 valence electrons. The quantitative estimate of drug-likeness (QED) is 0.560. The highest BCUT2D eigenvalue weighted by Crippen LogP contribution is 2.24. The fourth-order valence-electron chi connectivity index (χ4n) is 2.69. The van der Waals surface area contributed by atoms with Gasteiger partial charge in [-0.3, -0.25) is 14.2 Å². The molecule has 0 amide bonds. The number of nitrogens with two attached hydrogens (primary N) is 1. The zero-order valence-electron chi connectivity index (χ0n) is 15.1. The lowest BCUT2D eigenvalue weighted by molar-refractivity contribution is 0.0811. The summed E-state index contributed by atoms with van der Waals surface area (Å²) >= 11 is 0. The van der Waals surface area contributed by atoms with Crippen molar-refractivity contribution in [2.45, 2.75) is 27.3 Å². The first-order chi connectivity index (χ1) is 12.6. The number of nitrogen functional groups attached to an aromatic ring is 1. The van der Waals surface area contributed by atoms with Crippen LogP contribution < -0.4 is 5.73 Å². The largest absolute Gasteiger partial charge is 0.369 e. The highest BCUT2D eigenvalue weighted by atomic mass is 19.1. The van der Waals surface area contributed by atoms with Crippen LogP contribution >= 0.6 is 0 Å². The Bertz CT molecular complexity index is 1070. The summed E-state index contributed by atoms with van der Waals surface area (Å²) in [6.45, 7) is 6.52. The Labute approximate surface area is 154 Å². The molecule has 0 fully saturated rings. The van der Waals surface area contributed by atoms with Crippen LogP contribution in [-0.2, 0) is 6.54 Å². The Morgan fingerprint density at radius 2 is 1.78 bits per heavy atom. The summed E-state index contributed by atoms with van der Waals surface area (Å²) in [4.78, 5) is 33.3. The average Bonchev–Trinajstić information content (AvgIpc) is 2.87. The zero-order valence-corrected chi connectivity index (χ0v) is 15.1. The Morgan fingerprint density at radius 1 is 1.07 bits per heavy atom. The second kappa shape index (κ2) is 6.53. The van der Waals surface area contributed by atoms with Gasteiger partial charge in [-0.2, -0.15) is 0 Å². The van der Waals surface area contributed by atoms with E-state index >= 15 is 0 Å². The van der Waals surface area contributed by atoms with E-state index in [1.54, 1.807) is 4.57 Å². The highest BCUT2D eigenvalue weighted by molar-refractivity contribution is 6.48. The molecule has 27 heavy (non-hydrogen) atoms. The zero-order chi connectivity index (χ0) is 19.9. The highest BCUT2D eigenvalue weighted by Gasteiger charge is 2.25. The van der Waals surface area contributed by atoms with Crippen molar-refractivity contribution in [2.75, 3.05) is 5.73 Å². The molecule has 1 aromatic carbocycles. The Balaban J connectivity index is 2.02. The molecule has 3 aromatic rings. The maximum absolute atomic E-state index is 13.8. The third-order valence-electron chi connectivity index (χ3n) is 3.87. The Kier molecular flexibility index (Phi) is 4.51. The Morgan fingerprint density at radius 3 is 2.41 bits per heavy atom. The number of anilines is 1. The van der Waals surface area contributed by atoms with E-state index in [1.165, 1.54) is 12.1 Å². The second-order valence-corrected chi connectivity index (χ2v) is 7.44. The molecule has 0 atom stereocenters. The van der Waals surface area contributed by atoms with Gasteiger partial charge in [0.1, 0.15) is 22.8 Å². The lowest BCUT2D eigenvalue weighted by Crippen LogP contribution is -2.19. The van der Waals surface area contributed by atoms with Gasteiger partial charge >= 0.3 is 0 Å². The molecule has 0 unspecified atom stereocenters. The van der Waals surface area contributed by atoms with Crippen molar-refractivity contribution in [3.05, 3.63) is 53.2 Å². The molecule has 0 aliphatic rings. The monoisotopic (exact) mass is 372 g/mol. The van der Waals surface area contributed by atoms with Gasteiger partial charge in [-0.1, -0.05) is 20.8 Å². The van der Waals surface area contributed by atoms with E-state index in [0.717, 1.165) is 12.1 Å². The SMILES string of the molecule is CC(C)(C)Cn1c(N)nc2ccc(C(=O)C(=O)c3ccc(F)cc3F)nc21. The van der Waals surface area contributed by atoms with Gasteiger partial charge in [0.05, 0.1) is 5.56 Å². The summed E-state index contributed by atoms with van der Waals surface area (Å²) in [6, 6.07) is 5.26. The van der Waals surface area contributed by atoms with Crippen LogP contribution in [0, 0.1) is 17.0 Å². The first-order valence-corrected chi connectivity index (χ1v) is 8.24. The number of carbonyl (C=O) groups excluding carboxylic acids is 2. The molecule has 0 aliphatic heterocycles. The number of aromatic nitrogens is 3. The molecule has 2 aromatic heterocycles. The summed E-state index contributed by atoms with van der Waals surface area (Å²) in [7, 11) is 0. The minimum Gasteiger partial charge on any atom is -0.369 e. The number of ketones is 2. The second-order valence-electron chi connectivity index (χ2n) is 7.44. The molecule has 8 heteroatoms. The van der Waals surface area contributed by atoms with Crippen molar-refractivity contribution in [3.8, 4) is 0 Å². The number of imidazole rings is 1. The number of benzene rings is 1. The Hall–Kier alpha value is -3.16. The maximum atomic E-state index is 13.8. The van der Waals surface area contributed by atoms with Gasteiger partial charge in [0.2, 0.25) is 11.7 Å². The fourth-order valence-corrected chi connectivity index (χ4v) is 2.69. The predicted octanol–water partition coefficient (Wildman–Crippen LogP) is 3.40. The van der Waals surface area contributed by atoms with Gasteiger partial charge in [0.25, 0.3) is 5.78 Å². The van der Waals surface area contributed by atoms with Crippen molar-refractivity contribution in [2.24, 2.45) is 5.41 Å². The molecule has 0 radical (unpaired) electrons. The standard InChI is InChI=1S/C19H18F2N4O2/c1-19(2,3)9-25-17-14(24-18(25)22)7-6-13(23-17)16(27)15(26)11-5-4-10(20)8-12(11)21/h4-8H,9H2,1-3H3,(H2,22,24). The van der Waals surface area contributed by atoms with Crippen LogP contribution in [0.3, 0.4) is 0 Å². The summed E-state index contributed by atoms with van der Waals surface area (Å²) in [5.74, 6) is -3.79. The van der Waals surface area contributed by atoms with Crippen molar-refractivity contribution < 1.29 is 18.4 Å². The van der Waals surface area contributed by atoms with Crippen LogP contribution in [0.5, 0.6) is 0 Å². The first-order valence-electron chi connectivity index (χ1n) is 8.24. The minimum atomic E-state index is -1.10. The molecule has 6 nitrogen and oxygen atoms in total. The van der Waals surface area contributed by atoms with E-state index in [9.17, 15) is 18.4 Å².